The van der Waals surface area contributed by atoms with Crippen LogP contribution in [0.15, 0.2) is 18.2 Å². The van der Waals surface area contributed by atoms with Gasteiger partial charge in [0.25, 0.3) is 0 Å². The molecule has 1 amide bonds. The predicted molar refractivity (Wildman–Crippen MR) is 63.9 cm³/mol. The topological polar surface area (TPSA) is 41.1 Å². The predicted octanol–water partition coefficient (Wildman–Crippen LogP) is 1.89. The van der Waals surface area contributed by atoms with E-state index in [2.05, 4.69) is 10.6 Å². The van der Waals surface area contributed by atoms with Crippen molar-refractivity contribution in [1.29, 1.82) is 0 Å². The highest BCUT2D eigenvalue weighted by Crippen LogP contribution is 2.18. The number of halogens is 2. The Morgan fingerprint density at radius 3 is 2.89 bits per heavy atom. The van der Waals surface area contributed by atoms with E-state index in [9.17, 15) is 13.6 Å². The molecule has 0 saturated carbocycles. The van der Waals surface area contributed by atoms with Crippen LogP contribution in [0.5, 0.6) is 0 Å². The second-order valence-corrected chi connectivity index (χ2v) is 4.55. The van der Waals surface area contributed by atoms with E-state index in [4.69, 9.17) is 0 Å². The van der Waals surface area contributed by atoms with Gasteiger partial charge in [-0.15, -0.1) is 0 Å². The minimum Gasteiger partial charge on any atom is -0.348 e. The second kappa shape index (κ2) is 5.44. The van der Waals surface area contributed by atoms with Crippen molar-refractivity contribution in [3.63, 3.8) is 0 Å². The third-order valence-corrected chi connectivity index (χ3v) is 3.16. The Bertz CT molecular complexity index is 445. The number of nitrogens with one attached hydrogen (secondary N) is 2. The number of carbonyl (C=O) groups excluding carboxylic acids is 1. The van der Waals surface area contributed by atoms with Gasteiger partial charge in [-0.05, 0) is 32.4 Å². The highest BCUT2D eigenvalue weighted by atomic mass is 19.1. The van der Waals surface area contributed by atoms with E-state index < -0.39 is 17.7 Å². The summed E-state index contributed by atoms with van der Waals surface area (Å²) < 4.78 is 26.3. The molecule has 0 aliphatic carbocycles. The number of rotatable bonds is 3. The zero-order chi connectivity index (χ0) is 13.1. The fourth-order valence-electron chi connectivity index (χ4n) is 2.15. The smallest absolute Gasteiger partial charge is 0.237 e. The SMILES string of the molecule is CC(NC(=O)[C@@H]1CCCN1)c1ccc(F)cc1F. The van der Waals surface area contributed by atoms with Crippen LogP contribution in [0.3, 0.4) is 0 Å². The first-order valence-corrected chi connectivity index (χ1v) is 6.06. The molecule has 1 heterocycles. The lowest BCUT2D eigenvalue weighted by atomic mass is 10.1. The van der Waals surface area contributed by atoms with Gasteiger partial charge >= 0.3 is 0 Å². The molecule has 3 nitrogen and oxygen atoms in total. The van der Waals surface area contributed by atoms with E-state index in [1.807, 2.05) is 0 Å². The minimum atomic E-state index is -0.637. The summed E-state index contributed by atoms with van der Waals surface area (Å²) in [6.45, 7) is 2.51. The van der Waals surface area contributed by atoms with Crippen molar-refractivity contribution in [1.82, 2.24) is 10.6 Å². The lowest BCUT2D eigenvalue weighted by molar-refractivity contribution is -0.123. The molecule has 98 valence electrons. The molecule has 1 aliphatic heterocycles. The maximum absolute atomic E-state index is 13.5. The number of benzene rings is 1. The van der Waals surface area contributed by atoms with Crippen molar-refractivity contribution in [2.24, 2.45) is 0 Å². The summed E-state index contributed by atoms with van der Waals surface area (Å²) in [7, 11) is 0. The Morgan fingerprint density at radius 1 is 1.50 bits per heavy atom. The average Bonchev–Trinajstić information content (AvgIpc) is 2.81. The van der Waals surface area contributed by atoms with Crippen LogP contribution in [0, 0.1) is 11.6 Å². The van der Waals surface area contributed by atoms with Gasteiger partial charge in [-0.1, -0.05) is 6.07 Å². The summed E-state index contributed by atoms with van der Waals surface area (Å²) in [5.41, 5.74) is 0.294. The van der Waals surface area contributed by atoms with Gasteiger partial charge < -0.3 is 10.6 Å². The fourth-order valence-corrected chi connectivity index (χ4v) is 2.15. The minimum absolute atomic E-state index is 0.135. The maximum Gasteiger partial charge on any atom is 0.237 e. The first-order chi connectivity index (χ1) is 8.58. The monoisotopic (exact) mass is 254 g/mol. The first-order valence-electron chi connectivity index (χ1n) is 6.06. The average molecular weight is 254 g/mol. The molecule has 18 heavy (non-hydrogen) atoms. The van der Waals surface area contributed by atoms with Crippen molar-refractivity contribution in [3.05, 3.63) is 35.4 Å². The van der Waals surface area contributed by atoms with Gasteiger partial charge in [-0.25, -0.2) is 8.78 Å². The van der Waals surface area contributed by atoms with Crippen molar-refractivity contribution in [2.45, 2.75) is 31.8 Å². The number of hydrogen-bond donors (Lipinski definition) is 2. The molecule has 2 rings (SSSR count). The van der Waals surface area contributed by atoms with Crippen LogP contribution in [0.1, 0.15) is 31.4 Å². The summed E-state index contributed by atoms with van der Waals surface area (Å²) in [4.78, 5) is 11.8. The molecule has 1 saturated heterocycles. The van der Waals surface area contributed by atoms with Gasteiger partial charge in [0.1, 0.15) is 11.6 Å². The molecule has 1 aromatic carbocycles. The molecule has 0 aromatic heterocycles. The van der Waals surface area contributed by atoms with Crippen molar-refractivity contribution < 1.29 is 13.6 Å². The maximum atomic E-state index is 13.5. The number of hydrogen-bond acceptors (Lipinski definition) is 2. The molecule has 1 fully saturated rings. The molecule has 2 N–H and O–H groups in total. The molecule has 5 heteroatoms. The molecule has 0 radical (unpaired) electrons. The summed E-state index contributed by atoms with van der Waals surface area (Å²) in [5.74, 6) is -1.39. The third kappa shape index (κ3) is 2.85. The zero-order valence-corrected chi connectivity index (χ0v) is 10.2. The van der Waals surface area contributed by atoms with Crippen molar-refractivity contribution in [3.8, 4) is 0 Å². The summed E-state index contributed by atoms with van der Waals surface area (Å²) in [6, 6.07) is 2.70. The highest BCUT2D eigenvalue weighted by molar-refractivity contribution is 5.82. The van der Waals surface area contributed by atoms with Crippen LogP contribution >= 0.6 is 0 Å². The van der Waals surface area contributed by atoms with E-state index in [1.54, 1.807) is 6.92 Å². The van der Waals surface area contributed by atoms with Crippen LogP contribution < -0.4 is 10.6 Å². The van der Waals surface area contributed by atoms with Crippen molar-refractivity contribution in [2.75, 3.05) is 6.54 Å². The first kappa shape index (κ1) is 13.0. The molecular formula is C13H16F2N2O. The summed E-state index contributed by atoms with van der Waals surface area (Å²) in [6.07, 6.45) is 1.77. The van der Waals surface area contributed by atoms with Crippen LogP contribution in [-0.2, 0) is 4.79 Å². The molecule has 1 unspecified atom stereocenters. The van der Waals surface area contributed by atoms with Gasteiger partial charge in [0.05, 0.1) is 12.1 Å². The summed E-state index contributed by atoms with van der Waals surface area (Å²) >= 11 is 0. The molecule has 2 atom stereocenters. The lowest BCUT2D eigenvalue weighted by Crippen LogP contribution is -2.41. The van der Waals surface area contributed by atoms with E-state index in [1.165, 1.54) is 12.1 Å². The Kier molecular flexibility index (Phi) is 3.91. The Labute approximate surface area is 105 Å². The lowest BCUT2D eigenvalue weighted by Gasteiger charge is -2.18. The molecule has 0 spiro atoms. The molecule has 1 aliphatic rings. The van der Waals surface area contributed by atoms with Crippen LogP contribution in [0.4, 0.5) is 8.78 Å². The van der Waals surface area contributed by atoms with Gasteiger partial charge in [-0.3, -0.25) is 4.79 Å². The van der Waals surface area contributed by atoms with Gasteiger partial charge in [-0.2, -0.15) is 0 Å². The molecular weight excluding hydrogens is 238 g/mol. The van der Waals surface area contributed by atoms with Gasteiger partial charge in [0, 0.05) is 11.6 Å². The number of carbonyl (C=O) groups is 1. The largest absolute Gasteiger partial charge is 0.348 e. The van der Waals surface area contributed by atoms with Crippen molar-refractivity contribution >= 4 is 5.91 Å². The normalized spacial score (nSPS) is 20.7. The summed E-state index contributed by atoms with van der Waals surface area (Å²) in [5, 5.41) is 5.81. The van der Waals surface area contributed by atoms with E-state index in [0.717, 1.165) is 25.5 Å². The van der Waals surface area contributed by atoms with Gasteiger partial charge in [0.2, 0.25) is 5.91 Å². The number of amides is 1. The quantitative estimate of drug-likeness (QED) is 0.865. The Hall–Kier alpha value is -1.49. The fraction of sp³-hybridized carbons (Fsp3) is 0.462. The zero-order valence-electron chi connectivity index (χ0n) is 10.2. The Balaban J connectivity index is 2.02. The Morgan fingerprint density at radius 2 is 2.28 bits per heavy atom. The highest BCUT2D eigenvalue weighted by Gasteiger charge is 2.24. The van der Waals surface area contributed by atoms with Gasteiger partial charge in [0.15, 0.2) is 0 Å². The van der Waals surface area contributed by atoms with E-state index in [0.29, 0.717) is 5.56 Å². The van der Waals surface area contributed by atoms with Crippen LogP contribution in [0.2, 0.25) is 0 Å². The van der Waals surface area contributed by atoms with Crippen LogP contribution in [-0.4, -0.2) is 18.5 Å². The van der Waals surface area contributed by atoms with E-state index >= 15 is 0 Å². The molecule has 0 bridgehead atoms. The molecule has 1 aromatic rings. The van der Waals surface area contributed by atoms with Crippen LogP contribution in [0.25, 0.3) is 0 Å². The second-order valence-electron chi connectivity index (χ2n) is 4.55. The third-order valence-electron chi connectivity index (χ3n) is 3.16. The standard InChI is InChI=1S/C13H16F2N2O/c1-8(10-5-4-9(14)7-11(10)15)17-13(18)12-3-2-6-16-12/h4-5,7-8,12,16H,2-3,6H2,1H3,(H,17,18)/t8?,12-/m0/s1. The van der Waals surface area contributed by atoms with E-state index in [-0.39, 0.29) is 11.9 Å².